The van der Waals surface area contributed by atoms with Crippen LogP contribution in [0.2, 0.25) is 0 Å². The van der Waals surface area contributed by atoms with Crippen molar-refractivity contribution >= 4 is 29.0 Å². The molecule has 1 aromatic carbocycles. The van der Waals surface area contributed by atoms with Gasteiger partial charge in [0.05, 0.1) is 22.7 Å². The van der Waals surface area contributed by atoms with Crippen molar-refractivity contribution in [3.05, 3.63) is 92.4 Å². The van der Waals surface area contributed by atoms with Crippen molar-refractivity contribution in [3.8, 4) is 5.75 Å². The first-order chi connectivity index (χ1) is 13.7. The molecular weight excluding hydrogens is 378 g/mol. The Kier molecular flexibility index (Phi) is 4.00. The number of hydrazine groups is 1. The maximum Gasteiger partial charge on any atom is 0.433 e. The van der Waals surface area contributed by atoms with Crippen molar-refractivity contribution in [2.45, 2.75) is 12.3 Å². The van der Waals surface area contributed by atoms with Crippen molar-refractivity contribution in [1.29, 1.82) is 0 Å². The van der Waals surface area contributed by atoms with Crippen LogP contribution in [0, 0.1) is 10.1 Å². The smallest absolute Gasteiger partial charge is 0.433 e. The number of benzene rings is 1. The largest absolute Gasteiger partial charge is 0.469 e. The van der Waals surface area contributed by atoms with Crippen LogP contribution in [-0.4, -0.2) is 16.2 Å². The van der Waals surface area contributed by atoms with E-state index in [0.29, 0.717) is 5.76 Å². The van der Waals surface area contributed by atoms with Gasteiger partial charge < -0.3 is 14.6 Å². The number of hydrogen-bond acceptors (Lipinski definition) is 7. The Bertz CT molecular complexity index is 1090. The Morgan fingerprint density at radius 3 is 2.86 bits per heavy atom. The number of furan rings is 1. The second-order valence-electron chi connectivity index (χ2n) is 6.36. The molecule has 0 bridgehead atoms. The van der Waals surface area contributed by atoms with E-state index in [1.807, 2.05) is 40.7 Å². The first-order valence-electron chi connectivity index (χ1n) is 8.68. The molecule has 8 heteroatoms. The van der Waals surface area contributed by atoms with Crippen molar-refractivity contribution in [1.82, 2.24) is 10.4 Å². The molecule has 0 saturated carbocycles. The maximum atomic E-state index is 10.8. The molecule has 0 saturated heterocycles. The van der Waals surface area contributed by atoms with Crippen molar-refractivity contribution in [3.63, 3.8) is 0 Å². The zero-order valence-corrected chi connectivity index (χ0v) is 15.3. The molecule has 5 rings (SSSR count). The van der Waals surface area contributed by atoms with Gasteiger partial charge in [-0.2, -0.15) is 5.01 Å². The van der Waals surface area contributed by atoms with Gasteiger partial charge in [-0.3, -0.25) is 10.1 Å². The number of hydrogen-bond donors (Lipinski definition) is 1. The van der Waals surface area contributed by atoms with E-state index < -0.39 is 11.2 Å². The molecule has 0 aliphatic carbocycles. The number of ether oxygens (including phenoxy) is 1. The molecule has 3 aromatic rings. The molecule has 7 nitrogen and oxygen atoms in total. The molecule has 2 unspecified atom stereocenters. The first kappa shape index (κ1) is 16.8. The molecule has 0 spiro atoms. The van der Waals surface area contributed by atoms with E-state index in [0.717, 1.165) is 21.9 Å². The molecule has 4 heterocycles. The van der Waals surface area contributed by atoms with Gasteiger partial charge in [-0.15, -0.1) is 11.3 Å². The molecule has 1 N–H and O–H groups in total. The Labute approximate surface area is 164 Å². The van der Waals surface area contributed by atoms with Gasteiger partial charge in [-0.25, -0.2) is 0 Å². The van der Waals surface area contributed by atoms with E-state index in [2.05, 4.69) is 23.6 Å². The Morgan fingerprint density at radius 2 is 2.07 bits per heavy atom. The van der Waals surface area contributed by atoms with Crippen LogP contribution >= 0.6 is 11.3 Å². The summed E-state index contributed by atoms with van der Waals surface area (Å²) < 4.78 is 11.4. The van der Waals surface area contributed by atoms with E-state index in [-0.39, 0.29) is 11.9 Å². The van der Waals surface area contributed by atoms with Gasteiger partial charge in [-0.1, -0.05) is 24.3 Å². The topological polar surface area (TPSA) is 80.8 Å². The summed E-state index contributed by atoms with van der Waals surface area (Å²) in [6.45, 7) is 0. The number of para-hydroxylation sites is 1. The first-order valence-corrected chi connectivity index (χ1v) is 9.56. The minimum atomic E-state index is -0.556. The highest BCUT2D eigenvalue weighted by Crippen LogP contribution is 2.42. The molecule has 2 aromatic heterocycles. The van der Waals surface area contributed by atoms with Gasteiger partial charge in [0.25, 0.3) is 0 Å². The van der Waals surface area contributed by atoms with E-state index in [1.54, 1.807) is 23.5 Å². The molecule has 28 heavy (non-hydrogen) atoms. The number of nitrogens with one attached hydrogen (secondary N) is 1. The van der Waals surface area contributed by atoms with Gasteiger partial charge in [0.1, 0.15) is 16.4 Å². The van der Waals surface area contributed by atoms with E-state index in [4.69, 9.17) is 9.15 Å². The van der Waals surface area contributed by atoms with Gasteiger partial charge in [-0.05, 0) is 41.8 Å². The Balaban J connectivity index is 1.46. The summed E-state index contributed by atoms with van der Waals surface area (Å²) in [6, 6.07) is 14.9. The summed E-state index contributed by atoms with van der Waals surface area (Å²) in [5, 5.41) is 14.9. The number of nitro groups is 1. The Morgan fingerprint density at radius 1 is 1.18 bits per heavy atom. The van der Waals surface area contributed by atoms with Crippen LogP contribution in [0.1, 0.15) is 22.2 Å². The fourth-order valence-electron chi connectivity index (χ4n) is 3.37. The average Bonchev–Trinajstić information content (AvgIpc) is 3.46. The van der Waals surface area contributed by atoms with Crippen molar-refractivity contribution in [2.75, 3.05) is 0 Å². The summed E-state index contributed by atoms with van der Waals surface area (Å²) >= 11 is 1.67. The average molecular weight is 393 g/mol. The number of nitrogens with zero attached hydrogens (tertiary/aromatic N) is 2. The van der Waals surface area contributed by atoms with E-state index >= 15 is 0 Å². The maximum absolute atomic E-state index is 10.8. The van der Waals surface area contributed by atoms with Crippen LogP contribution < -0.4 is 10.2 Å². The van der Waals surface area contributed by atoms with Crippen LogP contribution in [0.25, 0.3) is 11.8 Å². The quantitative estimate of drug-likeness (QED) is 0.516. The molecule has 0 radical (unpaired) electrons. The third kappa shape index (κ3) is 2.88. The zero-order valence-electron chi connectivity index (χ0n) is 14.5. The molecule has 2 aliphatic rings. The third-order valence-corrected chi connectivity index (χ3v) is 5.54. The standard InChI is InChI=1S/C20H15N3O4S/c24-23(25)20-10-8-13(26-20)7-9-19-22-16(14-4-1-2-5-17(14)27-19)12-15(21-22)18-6-3-11-28-18/h1-12,16,19,21H. The lowest BCUT2D eigenvalue weighted by atomic mass is 10.0. The fourth-order valence-corrected chi connectivity index (χ4v) is 4.07. The highest BCUT2D eigenvalue weighted by atomic mass is 32.1. The highest BCUT2D eigenvalue weighted by Gasteiger charge is 2.38. The summed E-state index contributed by atoms with van der Waals surface area (Å²) in [7, 11) is 0. The van der Waals surface area contributed by atoms with Crippen LogP contribution in [0.3, 0.4) is 0 Å². The summed E-state index contributed by atoms with van der Waals surface area (Å²) in [5.41, 5.74) is 5.55. The second-order valence-corrected chi connectivity index (χ2v) is 7.31. The van der Waals surface area contributed by atoms with Crippen LogP contribution in [0.4, 0.5) is 5.88 Å². The fraction of sp³-hybridized carbons (Fsp3) is 0.100. The molecule has 0 amide bonds. The number of thiophene rings is 1. The van der Waals surface area contributed by atoms with Gasteiger partial charge in [0.15, 0.2) is 6.23 Å². The lowest BCUT2D eigenvalue weighted by Gasteiger charge is -2.37. The van der Waals surface area contributed by atoms with E-state index in [1.165, 1.54) is 6.07 Å². The van der Waals surface area contributed by atoms with Gasteiger partial charge >= 0.3 is 5.88 Å². The van der Waals surface area contributed by atoms with E-state index in [9.17, 15) is 10.1 Å². The minimum Gasteiger partial charge on any atom is -0.469 e. The zero-order chi connectivity index (χ0) is 19.1. The monoisotopic (exact) mass is 393 g/mol. The normalized spacial score (nSPS) is 20.9. The molecule has 2 atom stereocenters. The lowest BCUT2D eigenvalue weighted by Crippen LogP contribution is -2.47. The van der Waals surface area contributed by atoms with Crippen LogP contribution in [0.15, 0.2) is 70.5 Å². The minimum absolute atomic E-state index is 0.0163. The van der Waals surface area contributed by atoms with Crippen LogP contribution in [-0.2, 0) is 0 Å². The SMILES string of the molecule is O=[N+]([O-])c1ccc(C=CC2Oc3ccccc3C3C=C(c4cccs4)NN23)o1. The van der Waals surface area contributed by atoms with Gasteiger partial charge in [0.2, 0.25) is 0 Å². The number of fused-ring (bicyclic) bond motifs is 3. The molecule has 2 aliphatic heterocycles. The lowest BCUT2D eigenvalue weighted by molar-refractivity contribution is -0.402. The highest BCUT2D eigenvalue weighted by molar-refractivity contribution is 7.11. The Hall–Kier alpha value is -3.36. The summed E-state index contributed by atoms with van der Waals surface area (Å²) in [5.74, 6) is 0.930. The van der Waals surface area contributed by atoms with Crippen LogP contribution in [0.5, 0.6) is 5.75 Å². The predicted molar refractivity (Wildman–Crippen MR) is 105 cm³/mol. The molecule has 140 valence electrons. The van der Waals surface area contributed by atoms with Gasteiger partial charge in [0, 0.05) is 5.56 Å². The number of rotatable bonds is 4. The van der Waals surface area contributed by atoms with Crippen molar-refractivity contribution < 1.29 is 14.1 Å². The molecular formula is C20H15N3O4S. The summed E-state index contributed by atoms with van der Waals surface area (Å²) in [6.07, 6.45) is 5.29. The second kappa shape index (κ2) is 6.66. The molecule has 0 fully saturated rings. The third-order valence-electron chi connectivity index (χ3n) is 4.64. The van der Waals surface area contributed by atoms with Crippen molar-refractivity contribution in [2.24, 2.45) is 0 Å². The summed E-state index contributed by atoms with van der Waals surface area (Å²) in [4.78, 5) is 11.4. The predicted octanol–water partition coefficient (Wildman–Crippen LogP) is 4.58.